The van der Waals surface area contributed by atoms with Crippen LogP contribution in [0.2, 0.25) is 0 Å². The molecule has 0 aromatic heterocycles. The monoisotopic (exact) mass is 653 g/mol. The SMILES string of the molecule is O=C(/C=C(\O)C1CCCCC1)C(F)(F)F.O=P(c1ccccc1)(c1ccccc1)c1ccccc1.[Eu]. The first-order valence-electron chi connectivity index (χ1n) is 11.5. The molecule has 0 spiro atoms. The maximum absolute atomic E-state index is 13.8. The molecule has 0 bridgehead atoms. The molecule has 3 aromatic carbocycles. The Morgan fingerprint density at radius 2 is 1.11 bits per heavy atom. The second-order valence-electron chi connectivity index (χ2n) is 8.38. The second-order valence-corrected chi connectivity index (χ2v) is 11.1. The van der Waals surface area contributed by atoms with E-state index >= 15 is 0 Å². The minimum Gasteiger partial charge on any atom is -0.512 e. The van der Waals surface area contributed by atoms with Crippen molar-refractivity contribution in [3.63, 3.8) is 0 Å². The molecule has 1 aliphatic rings. The first-order chi connectivity index (χ1) is 16.7. The van der Waals surface area contributed by atoms with Crippen molar-refractivity contribution in [2.45, 2.75) is 38.3 Å². The Kier molecular flexibility index (Phi) is 12.3. The van der Waals surface area contributed by atoms with Crippen LogP contribution in [0.3, 0.4) is 0 Å². The van der Waals surface area contributed by atoms with Crippen molar-refractivity contribution in [1.29, 1.82) is 0 Å². The van der Waals surface area contributed by atoms with Crippen molar-refractivity contribution in [3.05, 3.63) is 103 Å². The summed E-state index contributed by atoms with van der Waals surface area (Å²) in [7, 11) is -2.78. The van der Waals surface area contributed by atoms with Crippen LogP contribution in [0, 0.1) is 55.3 Å². The zero-order valence-corrected chi connectivity index (χ0v) is 22.9. The molecular weight excluding hydrogens is 624 g/mol. The van der Waals surface area contributed by atoms with E-state index in [1.807, 2.05) is 91.0 Å². The number of aliphatic hydroxyl groups excluding tert-OH is 1. The van der Waals surface area contributed by atoms with Gasteiger partial charge in [0.05, 0.1) is 5.76 Å². The fourth-order valence-electron chi connectivity index (χ4n) is 4.09. The number of hydrogen-bond acceptors (Lipinski definition) is 3. The third-order valence-corrected chi connectivity index (χ3v) is 9.02. The molecule has 0 aliphatic heterocycles. The Labute approximate surface area is 250 Å². The van der Waals surface area contributed by atoms with Crippen LogP contribution >= 0.6 is 7.14 Å². The number of carbonyl (C=O) groups is 1. The smallest absolute Gasteiger partial charge is 0.454 e. The third-order valence-electron chi connectivity index (χ3n) is 5.94. The second kappa shape index (κ2) is 14.4. The van der Waals surface area contributed by atoms with E-state index in [-0.39, 0.29) is 55.3 Å². The van der Waals surface area contributed by atoms with Crippen LogP contribution < -0.4 is 15.9 Å². The largest absolute Gasteiger partial charge is 0.512 e. The molecule has 0 amide bonds. The number of alkyl halides is 3. The molecule has 0 atom stereocenters. The van der Waals surface area contributed by atoms with Crippen LogP contribution in [0.1, 0.15) is 32.1 Å². The van der Waals surface area contributed by atoms with Gasteiger partial charge in [0.25, 0.3) is 5.78 Å². The zero-order chi connectivity index (χ0) is 25.3. The van der Waals surface area contributed by atoms with Gasteiger partial charge in [0.1, 0.15) is 0 Å². The van der Waals surface area contributed by atoms with E-state index in [0.717, 1.165) is 35.2 Å². The van der Waals surface area contributed by atoms with E-state index in [9.17, 15) is 27.6 Å². The summed E-state index contributed by atoms with van der Waals surface area (Å²) in [4.78, 5) is 10.6. The topological polar surface area (TPSA) is 54.4 Å². The van der Waals surface area contributed by atoms with Gasteiger partial charge in [0.15, 0.2) is 7.14 Å². The van der Waals surface area contributed by atoms with E-state index in [2.05, 4.69) is 0 Å². The van der Waals surface area contributed by atoms with Crippen LogP contribution in [-0.4, -0.2) is 17.1 Å². The Hall–Kier alpha value is -1.53. The van der Waals surface area contributed by atoms with Crippen LogP contribution in [0.5, 0.6) is 0 Å². The van der Waals surface area contributed by atoms with Gasteiger partial charge >= 0.3 is 6.18 Å². The summed E-state index contributed by atoms with van der Waals surface area (Å²) in [5.74, 6) is -2.67. The van der Waals surface area contributed by atoms with Gasteiger partial charge in [-0.2, -0.15) is 13.2 Å². The first kappa shape index (κ1) is 30.7. The van der Waals surface area contributed by atoms with E-state index in [1.54, 1.807) is 0 Å². The molecule has 4 rings (SSSR count). The average molecular weight is 652 g/mol. The van der Waals surface area contributed by atoms with E-state index < -0.39 is 24.9 Å². The first-order valence-corrected chi connectivity index (χ1v) is 13.2. The van der Waals surface area contributed by atoms with Crippen LogP contribution in [0.25, 0.3) is 0 Å². The van der Waals surface area contributed by atoms with Gasteiger partial charge < -0.3 is 9.67 Å². The summed E-state index contributed by atoms with van der Waals surface area (Å²) >= 11 is 0. The van der Waals surface area contributed by atoms with Gasteiger partial charge in [-0.15, -0.1) is 0 Å². The maximum atomic E-state index is 13.8. The molecule has 8 heteroatoms. The van der Waals surface area contributed by atoms with Crippen LogP contribution in [0.15, 0.2) is 103 Å². The van der Waals surface area contributed by atoms with Crippen LogP contribution in [0.4, 0.5) is 13.2 Å². The van der Waals surface area contributed by atoms with Gasteiger partial charge in [-0.05, 0) is 12.8 Å². The number of allylic oxidation sites excluding steroid dienone is 2. The number of rotatable bonds is 5. The summed E-state index contributed by atoms with van der Waals surface area (Å²) in [5, 5.41) is 12.0. The van der Waals surface area contributed by atoms with Gasteiger partial charge in [-0.25, -0.2) is 0 Å². The summed E-state index contributed by atoms with van der Waals surface area (Å²) in [6.45, 7) is 0. The van der Waals surface area contributed by atoms with Gasteiger partial charge in [-0.3, -0.25) is 4.79 Å². The third kappa shape index (κ3) is 8.24. The number of benzene rings is 3. The summed E-state index contributed by atoms with van der Waals surface area (Å²) in [6, 6.07) is 29.1. The predicted octanol–water partition coefficient (Wildman–Crippen LogP) is 6.47. The van der Waals surface area contributed by atoms with Gasteiger partial charge in [0.2, 0.25) is 0 Å². The molecule has 0 heterocycles. The minimum atomic E-state index is -4.89. The Balaban J connectivity index is 0.000000258. The number of halogens is 3. The number of ketones is 1. The molecule has 1 fully saturated rings. The minimum absolute atomic E-state index is 0. The quantitative estimate of drug-likeness (QED) is 0.196. The molecule has 1 radical (unpaired) electrons. The van der Waals surface area contributed by atoms with E-state index in [1.165, 1.54) is 0 Å². The standard InChI is InChI=1S/C18H15OP.C10H13F3O2.Eu/c19-20(16-10-4-1-5-11-16,17-12-6-2-7-13-17)18-14-8-3-9-15-18;11-10(12,13)9(15)6-8(14)7-4-2-1-3-5-7;/h1-15H;6-7,14H,1-5H2;/b;8-6-;. The average Bonchev–Trinajstić information content (AvgIpc) is 2.90. The number of aliphatic hydroxyl groups is 1. The fourth-order valence-corrected chi connectivity index (χ4v) is 6.76. The molecule has 3 aromatic rings. The Morgan fingerprint density at radius 1 is 0.750 bits per heavy atom. The molecule has 1 saturated carbocycles. The molecule has 36 heavy (non-hydrogen) atoms. The Morgan fingerprint density at radius 3 is 1.44 bits per heavy atom. The normalized spacial score (nSPS) is 14.7. The van der Waals surface area contributed by atoms with Crippen molar-refractivity contribution in [2.75, 3.05) is 0 Å². The molecule has 3 nitrogen and oxygen atoms in total. The Bertz CT molecular complexity index is 1060. The molecule has 1 aliphatic carbocycles. The number of hydrogen-bond donors (Lipinski definition) is 1. The number of carbonyl (C=O) groups excluding carboxylic acids is 1. The predicted molar refractivity (Wildman–Crippen MR) is 134 cm³/mol. The summed E-state index contributed by atoms with van der Waals surface area (Å²) < 4.78 is 49.4. The fraction of sp³-hybridized carbons (Fsp3) is 0.250. The van der Waals surface area contributed by atoms with Crippen molar-refractivity contribution >= 4 is 28.8 Å². The van der Waals surface area contributed by atoms with Crippen molar-refractivity contribution in [3.8, 4) is 0 Å². The molecule has 0 saturated heterocycles. The molecule has 191 valence electrons. The van der Waals surface area contributed by atoms with Crippen LogP contribution in [-0.2, 0) is 9.36 Å². The molecular formula is C28H28EuF3O3P. The van der Waals surface area contributed by atoms with Gasteiger partial charge in [-0.1, -0.05) is 110 Å². The maximum Gasteiger partial charge on any atom is 0.454 e. The van der Waals surface area contributed by atoms with Crippen molar-refractivity contribution in [1.82, 2.24) is 0 Å². The summed E-state index contributed by atoms with van der Waals surface area (Å²) in [6.07, 6.45) is -0.428. The zero-order valence-electron chi connectivity index (χ0n) is 19.6. The van der Waals surface area contributed by atoms with Crippen molar-refractivity contribution < 1.29 is 77.0 Å². The van der Waals surface area contributed by atoms with E-state index in [0.29, 0.717) is 18.9 Å². The van der Waals surface area contributed by atoms with Gasteiger partial charge in [0, 0.05) is 77.3 Å². The van der Waals surface area contributed by atoms with E-state index in [4.69, 9.17) is 0 Å². The molecule has 0 unspecified atom stereocenters. The van der Waals surface area contributed by atoms with Crippen molar-refractivity contribution in [2.24, 2.45) is 5.92 Å². The summed E-state index contributed by atoms with van der Waals surface area (Å²) in [5.41, 5.74) is 0. The molecule has 1 N–H and O–H groups in total.